The van der Waals surface area contributed by atoms with E-state index in [2.05, 4.69) is 15.1 Å². The van der Waals surface area contributed by atoms with Crippen molar-refractivity contribution in [2.75, 3.05) is 0 Å². The lowest BCUT2D eigenvalue weighted by Gasteiger charge is -2.05. The summed E-state index contributed by atoms with van der Waals surface area (Å²) in [7, 11) is -3.78. The van der Waals surface area contributed by atoms with Gasteiger partial charge in [-0.25, -0.2) is 22.4 Å². The maximum Gasteiger partial charge on any atom is 0.274 e. The van der Waals surface area contributed by atoms with E-state index in [1.54, 1.807) is 32.2 Å². The Morgan fingerprint density at radius 2 is 2.05 bits per heavy atom. The van der Waals surface area contributed by atoms with Crippen LogP contribution in [0, 0.1) is 13.8 Å². The lowest BCUT2D eigenvalue weighted by atomic mass is 10.4. The maximum absolute atomic E-state index is 12.6. The standard InChI is InChI=1S/C11H10N4O3S/c1-7-10(8(2)18-14-7)19(16,17)15-6-13-11-9(15)4-3-5-12-11/h3-6H,1-2H3. The van der Waals surface area contributed by atoms with Crippen molar-refractivity contribution in [3.05, 3.63) is 36.1 Å². The summed E-state index contributed by atoms with van der Waals surface area (Å²) in [6.07, 6.45) is 2.79. The Morgan fingerprint density at radius 3 is 2.74 bits per heavy atom. The molecule has 0 fully saturated rings. The molecule has 0 aliphatic carbocycles. The van der Waals surface area contributed by atoms with Crippen LogP contribution in [0.15, 0.2) is 34.1 Å². The summed E-state index contributed by atoms with van der Waals surface area (Å²) in [4.78, 5) is 8.05. The third-order valence-corrected chi connectivity index (χ3v) is 4.68. The lowest BCUT2D eigenvalue weighted by molar-refractivity contribution is 0.390. The Balaban J connectivity index is 2.32. The van der Waals surface area contributed by atoms with Crippen LogP contribution in [-0.2, 0) is 10.0 Å². The second kappa shape index (κ2) is 3.89. The number of pyridine rings is 1. The normalized spacial score (nSPS) is 12.1. The van der Waals surface area contributed by atoms with Gasteiger partial charge in [-0.3, -0.25) is 0 Å². The highest BCUT2D eigenvalue weighted by molar-refractivity contribution is 7.90. The van der Waals surface area contributed by atoms with Gasteiger partial charge in [-0.2, -0.15) is 0 Å². The summed E-state index contributed by atoms with van der Waals surface area (Å²) in [5.41, 5.74) is 1.11. The van der Waals surface area contributed by atoms with Crippen LogP contribution >= 0.6 is 0 Å². The lowest BCUT2D eigenvalue weighted by Crippen LogP contribution is -2.13. The average molecular weight is 278 g/mol. The average Bonchev–Trinajstić information content (AvgIpc) is 2.93. The fourth-order valence-corrected chi connectivity index (χ4v) is 3.54. The predicted molar refractivity (Wildman–Crippen MR) is 66.1 cm³/mol. The van der Waals surface area contributed by atoms with E-state index >= 15 is 0 Å². The number of rotatable bonds is 2. The Labute approximate surface area is 108 Å². The highest BCUT2D eigenvalue weighted by Gasteiger charge is 2.27. The number of aryl methyl sites for hydroxylation is 2. The van der Waals surface area contributed by atoms with Gasteiger partial charge >= 0.3 is 0 Å². The fraction of sp³-hybridized carbons (Fsp3) is 0.182. The Hall–Kier alpha value is -2.22. The van der Waals surface area contributed by atoms with E-state index in [0.717, 1.165) is 3.97 Å². The van der Waals surface area contributed by atoms with Gasteiger partial charge in [0.05, 0.1) is 0 Å². The molecule has 0 N–H and O–H groups in total. The summed E-state index contributed by atoms with van der Waals surface area (Å²) < 4.78 is 31.2. The Morgan fingerprint density at radius 1 is 1.26 bits per heavy atom. The van der Waals surface area contributed by atoms with Gasteiger partial charge in [-0.1, -0.05) is 5.16 Å². The van der Waals surface area contributed by atoms with Crippen molar-refractivity contribution in [1.29, 1.82) is 0 Å². The van der Waals surface area contributed by atoms with Crippen molar-refractivity contribution >= 4 is 21.2 Å². The van der Waals surface area contributed by atoms with E-state index in [4.69, 9.17) is 4.52 Å². The number of imidazole rings is 1. The highest BCUT2D eigenvalue weighted by Crippen LogP contribution is 2.24. The van der Waals surface area contributed by atoms with Crippen LogP contribution in [0.3, 0.4) is 0 Å². The molecule has 0 saturated carbocycles. The molecule has 7 nitrogen and oxygen atoms in total. The first-order chi connectivity index (χ1) is 9.01. The molecule has 8 heteroatoms. The van der Waals surface area contributed by atoms with Gasteiger partial charge in [0.25, 0.3) is 10.0 Å². The molecule has 19 heavy (non-hydrogen) atoms. The van der Waals surface area contributed by atoms with Gasteiger partial charge in [0.15, 0.2) is 16.3 Å². The van der Waals surface area contributed by atoms with Crippen LogP contribution in [0.1, 0.15) is 11.5 Å². The van der Waals surface area contributed by atoms with Crippen LogP contribution in [0.4, 0.5) is 0 Å². The molecule has 3 aromatic heterocycles. The van der Waals surface area contributed by atoms with Gasteiger partial charge in [0, 0.05) is 6.20 Å². The first-order valence-corrected chi connectivity index (χ1v) is 6.92. The van der Waals surface area contributed by atoms with Crippen molar-refractivity contribution in [2.24, 2.45) is 0 Å². The van der Waals surface area contributed by atoms with E-state index in [-0.39, 0.29) is 10.7 Å². The number of hydrogen-bond acceptors (Lipinski definition) is 6. The van der Waals surface area contributed by atoms with Gasteiger partial charge in [-0.05, 0) is 26.0 Å². The van der Waals surface area contributed by atoms with E-state index in [1.807, 2.05) is 0 Å². The predicted octanol–water partition coefficient (Wildman–Crippen LogP) is 1.27. The molecule has 0 aliphatic rings. The SMILES string of the molecule is Cc1noc(C)c1S(=O)(=O)n1cnc2ncccc21. The first kappa shape index (κ1) is 11.8. The van der Waals surface area contributed by atoms with Crippen LogP contribution < -0.4 is 0 Å². The molecule has 0 spiro atoms. The topological polar surface area (TPSA) is 90.9 Å². The molecule has 0 unspecified atom stereocenters. The molecule has 0 amide bonds. The minimum absolute atomic E-state index is 0.0654. The monoisotopic (exact) mass is 278 g/mol. The zero-order valence-electron chi connectivity index (χ0n) is 10.2. The second-order valence-electron chi connectivity index (χ2n) is 4.04. The van der Waals surface area contributed by atoms with E-state index in [9.17, 15) is 8.42 Å². The number of hydrogen-bond donors (Lipinski definition) is 0. The summed E-state index contributed by atoms with van der Waals surface area (Å²) >= 11 is 0. The summed E-state index contributed by atoms with van der Waals surface area (Å²) in [6.45, 7) is 3.14. The number of nitrogens with zero attached hydrogens (tertiary/aromatic N) is 4. The van der Waals surface area contributed by atoms with Gasteiger partial charge in [0.1, 0.15) is 17.5 Å². The van der Waals surface area contributed by atoms with Gasteiger partial charge in [0.2, 0.25) is 0 Å². The van der Waals surface area contributed by atoms with Crippen LogP contribution in [0.5, 0.6) is 0 Å². The van der Waals surface area contributed by atoms with Crippen LogP contribution in [0.25, 0.3) is 11.2 Å². The van der Waals surface area contributed by atoms with Crippen LogP contribution in [-0.4, -0.2) is 27.5 Å². The summed E-state index contributed by atoms with van der Waals surface area (Å²) in [5, 5.41) is 3.67. The van der Waals surface area contributed by atoms with E-state index < -0.39 is 10.0 Å². The molecule has 0 aliphatic heterocycles. The largest absolute Gasteiger partial charge is 0.360 e. The minimum atomic E-state index is -3.78. The molecule has 0 atom stereocenters. The minimum Gasteiger partial charge on any atom is -0.360 e. The third kappa shape index (κ3) is 1.64. The third-order valence-electron chi connectivity index (χ3n) is 2.77. The summed E-state index contributed by atoms with van der Waals surface area (Å²) in [5.74, 6) is 0.253. The van der Waals surface area contributed by atoms with Crippen molar-refractivity contribution in [2.45, 2.75) is 18.7 Å². The Bertz CT molecular complexity index is 844. The molecule has 3 rings (SSSR count). The van der Waals surface area contributed by atoms with Gasteiger partial charge < -0.3 is 4.52 Å². The van der Waals surface area contributed by atoms with E-state index in [0.29, 0.717) is 16.9 Å². The molecule has 98 valence electrons. The van der Waals surface area contributed by atoms with Crippen molar-refractivity contribution in [3.63, 3.8) is 0 Å². The number of fused-ring (bicyclic) bond motifs is 1. The van der Waals surface area contributed by atoms with Crippen molar-refractivity contribution in [3.8, 4) is 0 Å². The Kier molecular flexibility index (Phi) is 2.42. The van der Waals surface area contributed by atoms with E-state index in [1.165, 1.54) is 6.33 Å². The number of aromatic nitrogens is 4. The smallest absolute Gasteiger partial charge is 0.274 e. The highest BCUT2D eigenvalue weighted by atomic mass is 32.2. The molecule has 0 saturated heterocycles. The molecular formula is C11H10N4O3S. The molecule has 0 bridgehead atoms. The first-order valence-electron chi connectivity index (χ1n) is 5.48. The summed E-state index contributed by atoms with van der Waals surface area (Å²) in [6, 6.07) is 3.30. The second-order valence-corrected chi connectivity index (χ2v) is 5.80. The molecule has 0 radical (unpaired) electrons. The fourth-order valence-electron chi connectivity index (χ4n) is 1.96. The van der Waals surface area contributed by atoms with Crippen LogP contribution in [0.2, 0.25) is 0 Å². The zero-order valence-corrected chi connectivity index (χ0v) is 11.0. The van der Waals surface area contributed by atoms with Crippen molar-refractivity contribution < 1.29 is 12.9 Å². The molecule has 3 heterocycles. The quantitative estimate of drug-likeness (QED) is 0.701. The molecule has 3 aromatic rings. The van der Waals surface area contributed by atoms with Gasteiger partial charge in [-0.15, -0.1) is 0 Å². The zero-order chi connectivity index (χ0) is 13.6. The molecular weight excluding hydrogens is 268 g/mol. The van der Waals surface area contributed by atoms with Crippen molar-refractivity contribution in [1.82, 2.24) is 19.1 Å². The molecule has 0 aromatic carbocycles. The maximum atomic E-state index is 12.6.